The maximum Gasteiger partial charge on any atom is 0.306 e. The van der Waals surface area contributed by atoms with Gasteiger partial charge in [0.15, 0.2) is 12.4 Å². The second-order valence-corrected chi connectivity index (χ2v) is 28.0. The molecular weight excluding hydrogens is 1200 g/mol. The van der Waals surface area contributed by atoms with Crippen LogP contribution in [0.2, 0.25) is 0 Å². The van der Waals surface area contributed by atoms with Crippen molar-refractivity contribution in [3.63, 3.8) is 0 Å². The standard InChI is InChI=1S/C88H151NO8/c1-6-8-10-12-14-16-18-20-22-24-26-28-30-32-34-36-38-40-41-42-43-44-45-47-49-51-53-55-57-59-61-63-65-67-69-71-73-75-77-79-86(91)97-84(83-96-88(87(92)93)94-81-80-89(3,4)5)82-95-85(90)78-76-74-72-70-68-66-64-62-60-58-56-54-52-50-48-46-39-37-35-33-31-29-27-25-23-21-19-17-15-13-11-9-7-2/h8,10,14,16,19-22,25-28,32,34,38,40,42-43,45,47,51,53,84,88H,6-7,9,11-13,15,17-18,23-24,29-31,33,35-37,39,41,44,46,48-50,52,54-83H2,1-5H3/b10-8-,16-14-,21-19-,22-20-,27-25-,28-26-,34-32-,40-38-,43-42-,47-45-,53-51-. The number of quaternary nitrogens is 1. The minimum atomic E-state index is -1.63. The van der Waals surface area contributed by atoms with E-state index in [2.05, 4.69) is 148 Å². The summed E-state index contributed by atoms with van der Waals surface area (Å²) in [6, 6.07) is 0. The van der Waals surface area contributed by atoms with Gasteiger partial charge in [0, 0.05) is 12.8 Å². The van der Waals surface area contributed by atoms with E-state index < -0.39 is 24.3 Å². The van der Waals surface area contributed by atoms with Crippen molar-refractivity contribution in [1.29, 1.82) is 0 Å². The number of carboxylic acid groups (broad SMARTS) is 1. The number of carboxylic acids is 1. The molecule has 97 heavy (non-hydrogen) atoms. The van der Waals surface area contributed by atoms with E-state index in [0.717, 1.165) is 109 Å². The summed E-state index contributed by atoms with van der Waals surface area (Å²) in [5, 5.41) is 11.9. The molecule has 9 heteroatoms. The number of nitrogens with zero attached hydrogens (tertiary/aromatic N) is 1. The van der Waals surface area contributed by atoms with Crippen molar-refractivity contribution in [1.82, 2.24) is 0 Å². The number of hydrogen-bond acceptors (Lipinski definition) is 8. The van der Waals surface area contributed by atoms with Gasteiger partial charge in [-0.15, -0.1) is 0 Å². The number of rotatable bonds is 74. The molecule has 0 bridgehead atoms. The van der Waals surface area contributed by atoms with E-state index >= 15 is 0 Å². The van der Waals surface area contributed by atoms with Gasteiger partial charge in [0.05, 0.1) is 40.3 Å². The van der Waals surface area contributed by atoms with Crippen LogP contribution in [0.4, 0.5) is 0 Å². The van der Waals surface area contributed by atoms with Crippen LogP contribution in [0.15, 0.2) is 134 Å². The minimum absolute atomic E-state index is 0.143. The maximum absolute atomic E-state index is 13.0. The first-order valence-electron chi connectivity index (χ1n) is 40.3. The Labute approximate surface area is 599 Å². The van der Waals surface area contributed by atoms with E-state index in [1.54, 1.807) is 0 Å². The summed E-state index contributed by atoms with van der Waals surface area (Å²) in [4.78, 5) is 37.6. The summed E-state index contributed by atoms with van der Waals surface area (Å²) in [5.41, 5.74) is 0. The lowest BCUT2D eigenvalue weighted by Gasteiger charge is -2.26. The van der Waals surface area contributed by atoms with Gasteiger partial charge in [-0.1, -0.05) is 353 Å². The lowest BCUT2D eigenvalue weighted by Crippen LogP contribution is -2.44. The van der Waals surface area contributed by atoms with Gasteiger partial charge in [-0.2, -0.15) is 0 Å². The highest BCUT2D eigenvalue weighted by atomic mass is 16.7. The van der Waals surface area contributed by atoms with E-state index in [9.17, 15) is 19.5 Å². The molecule has 0 radical (unpaired) electrons. The van der Waals surface area contributed by atoms with Crippen LogP contribution in [-0.4, -0.2) is 82.3 Å². The fourth-order valence-electron chi connectivity index (χ4n) is 11.3. The molecule has 0 saturated carbocycles. The Morgan fingerprint density at radius 2 is 0.588 bits per heavy atom. The summed E-state index contributed by atoms with van der Waals surface area (Å²) in [6.45, 7) is 4.65. The molecule has 0 aliphatic heterocycles. The Morgan fingerprint density at radius 1 is 0.320 bits per heavy atom. The average molecular weight is 1350 g/mol. The largest absolute Gasteiger partial charge is 0.545 e. The monoisotopic (exact) mass is 1350 g/mol. The third-order valence-corrected chi connectivity index (χ3v) is 17.4. The van der Waals surface area contributed by atoms with Gasteiger partial charge in [-0.25, -0.2) is 0 Å². The molecule has 0 heterocycles. The van der Waals surface area contributed by atoms with E-state index in [1.807, 2.05) is 21.1 Å². The van der Waals surface area contributed by atoms with Crippen molar-refractivity contribution < 1.29 is 42.9 Å². The molecule has 0 spiro atoms. The highest BCUT2D eigenvalue weighted by molar-refractivity contribution is 5.70. The molecule has 0 aromatic carbocycles. The number of allylic oxidation sites excluding steroid dienone is 22. The quantitative estimate of drug-likeness (QED) is 0.0195. The first-order chi connectivity index (χ1) is 47.6. The summed E-state index contributed by atoms with van der Waals surface area (Å²) in [7, 11) is 5.94. The zero-order chi connectivity index (χ0) is 70.4. The van der Waals surface area contributed by atoms with Crippen LogP contribution in [0.3, 0.4) is 0 Å². The molecule has 0 N–H and O–H groups in total. The Morgan fingerprint density at radius 3 is 0.876 bits per heavy atom. The fourth-order valence-corrected chi connectivity index (χ4v) is 11.3. The lowest BCUT2D eigenvalue weighted by molar-refractivity contribution is -0.870. The molecule has 0 rings (SSSR count). The number of carbonyl (C=O) groups excluding carboxylic acids is 3. The first kappa shape index (κ1) is 92.4. The minimum Gasteiger partial charge on any atom is -0.545 e. The molecule has 0 saturated heterocycles. The summed E-state index contributed by atoms with van der Waals surface area (Å²) < 4.78 is 22.9. The molecule has 0 aliphatic rings. The molecule has 0 amide bonds. The highest BCUT2D eigenvalue weighted by Gasteiger charge is 2.22. The summed E-state index contributed by atoms with van der Waals surface area (Å²) in [5.74, 6) is -2.28. The Hall–Kier alpha value is -4.57. The number of aliphatic carboxylic acids is 1. The number of unbranched alkanes of at least 4 members (excludes halogenated alkanes) is 37. The second-order valence-electron chi connectivity index (χ2n) is 28.0. The lowest BCUT2D eigenvalue weighted by atomic mass is 10.0. The van der Waals surface area contributed by atoms with E-state index in [1.165, 1.54) is 205 Å². The zero-order valence-corrected chi connectivity index (χ0v) is 63.7. The second kappa shape index (κ2) is 77.2. The van der Waals surface area contributed by atoms with Crippen LogP contribution in [0.25, 0.3) is 0 Å². The van der Waals surface area contributed by atoms with Crippen LogP contribution in [0.5, 0.6) is 0 Å². The summed E-state index contributed by atoms with van der Waals surface area (Å²) in [6.07, 6.45) is 109. The van der Waals surface area contributed by atoms with Crippen LogP contribution in [0, 0.1) is 0 Å². The van der Waals surface area contributed by atoms with E-state index in [0.29, 0.717) is 17.4 Å². The van der Waals surface area contributed by atoms with Crippen LogP contribution < -0.4 is 5.11 Å². The molecular formula is C88H151NO8. The van der Waals surface area contributed by atoms with Crippen molar-refractivity contribution in [2.45, 2.75) is 360 Å². The first-order valence-corrected chi connectivity index (χ1v) is 40.3. The van der Waals surface area contributed by atoms with Crippen molar-refractivity contribution in [3.05, 3.63) is 134 Å². The predicted octanol–water partition coefficient (Wildman–Crippen LogP) is 24.7. The number of esters is 2. The van der Waals surface area contributed by atoms with E-state index in [-0.39, 0.29) is 38.6 Å². The molecule has 9 nitrogen and oxygen atoms in total. The van der Waals surface area contributed by atoms with Crippen molar-refractivity contribution in [3.8, 4) is 0 Å². The zero-order valence-electron chi connectivity index (χ0n) is 63.7. The maximum atomic E-state index is 13.0. The van der Waals surface area contributed by atoms with Crippen molar-refractivity contribution in [2.75, 3.05) is 47.5 Å². The molecule has 2 unspecified atom stereocenters. The summed E-state index contributed by atoms with van der Waals surface area (Å²) >= 11 is 0. The number of ether oxygens (including phenoxy) is 4. The topological polar surface area (TPSA) is 111 Å². The van der Waals surface area contributed by atoms with Crippen LogP contribution >= 0.6 is 0 Å². The fraction of sp³-hybridized carbons (Fsp3) is 0.716. The Bertz CT molecular complexity index is 2060. The number of hydrogen-bond donors (Lipinski definition) is 0. The number of carbonyl (C=O) groups is 3. The van der Waals surface area contributed by atoms with Gasteiger partial charge in [-0.3, -0.25) is 9.59 Å². The Kier molecular flexibility index (Phi) is 73.5. The molecule has 0 aromatic heterocycles. The smallest absolute Gasteiger partial charge is 0.306 e. The molecule has 0 aliphatic carbocycles. The van der Waals surface area contributed by atoms with Gasteiger partial charge in [0.1, 0.15) is 13.2 Å². The van der Waals surface area contributed by atoms with Gasteiger partial charge >= 0.3 is 11.9 Å². The van der Waals surface area contributed by atoms with Gasteiger partial charge in [-0.05, 0) is 116 Å². The van der Waals surface area contributed by atoms with Crippen molar-refractivity contribution in [2.24, 2.45) is 0 Å². The highest BCUT2D eigenvalue weighted by Crippen LogP contribution is 2.18. The van der Waals surface area contributed by atoms with Crippen LogP contribution in [-0.2, 0) is 33.3 Å². The SMILES string of the molecule is CC/C=C\C/C=C\C/C=C\C/C=C\C/C=C\C/C=C\C/C=C\C/C=C\C/C=C\CCCCCCCCCCCCCC(=O)OC(COC(=O)CCCCCCCCCCCCCCCCCCCCCCC/C=C\C/C=C\CCCCCCC)COC(OCC[N+](C)(C)C)C(=O)[O-]. The Balaban J connectivity index is 4.06. The van der Waals surface area contributed by atoms with Crippen molar-refractivity contribution >= 4 is 17.9 Å². The van der Waals surface area contributed by atoms with Gasteiger partial charge < -0.3 is 33.3 Å². The molecule has 556 valence electrons. The van der Waals surface area contributed by atoms with Gasteiger partial charge in [0.2, 0.25) is 0 Å². The molecule has 0 fully saturated rings. The molecule has 0 aromatic rings. The van der Waals surface area contributed by atoms with E-state index in [4.69, 9.17) is 18.9 Å². The van der Waals surface area contributed by atoms with Crippen LogP contribution in [0.1, 0.15) is 348 Å². The number of likely N-dealkylation sites (N-methyl/N-ethyl adjacent to an activating group) is 1. The third kappa shape index (κ3) is 78.6. The molecule has 2 atom stereocenters. The third-order valence-electron chi connectivity index (χ3n) is 17.4. The van der Waals surface area contributed by atoms with Gasteiger partial charge in [0.25, 0.3) is 0 Å². The average Bonchev–Trinajstić information content (AvgIpc) is 2.39. The predicted molar refractivity (Wildman–Crippen MR) is 416 cm³/mol. The normalized spacial score (nSPS) is 13.4.